The molecule has 0 radical (unpaired) electrons. The van der Waals surface area contributed by atoms with E-state index < -0.39 is 29.4 Å². The number of aliphatic hydroxyl groups is 1. The molecule has 1 saturated carbocycles. The van der Waals surface area contributed by atoms with Crippen molar-refractivity contribution in [1.29, 1.82) is 0 Å². The number of esters is 1. The second-order valence-electron chi connectivity index (χ2n) is 9.49. The van der Waals surface area contributed by atoms with E-state index in [0.717, 1.165) is 25.7 Å². The van der Waals surface area contributed by atoms with E-state index in [1.54, 1.807) is 17.9 Å². The highest BCUT2D eigenvalue weighted by atomic mass is 16.6. The Morgan fingerprint density at radius 1 is 1.31 bits per heavy atom. The van der Waals surface area contributed by atoms with Crippen LogP contribution in [-0.2, 0) is 23.9 Å². The lowest BCUT2D eigenvalue weighted by Gasteiger charge is -2.40. The van der Waals surface area contributed by atoms with Gasteiger partial charge in [-0.05, 0) is 39.0 Å². The molecule has 178 valence electrons. The average Bonchev–Trinajstić information content (AvgIpc) is 3.44. The number of amides is 2. The Balaban J connectivity index is 1.69. The molecule has 8 nitrogen and oxygen atoms in total. The molecule has 0 aromatic rings. The van der Waals surface area contributed by atoms with Gasteiger partial charge in [-0.3, -0.25) is 14.4 Å². The van der Waals surface area contributed by atoms with Crippen molar-refractivity contribution in [2.75, 3.05) is 26.3 Å². The normalized spacial score (nSPS) is 33.9. The fourth-order valence-electron chi connectivity index (χ4n) is 6.53. The molecule has 4 rings (SSSR count). The molecule has 3 heterocycles. The van der Waals surface area contributed by atoms with Crippen LogP contribution in [0.15, 0.2) is 12.7 Å². The molecule has 0 aromatic carbocycles. The van der Waals surface area contributed by atoms with E-state index in [2.05, 4.69) is 6.58 Å². The van der Waals surface area contributed by atoms with Crippen molar-refractivity contribution >= 4 is 17.8 Å². The highest BCUT2D eigenvalue weighted by Crippen LogP contribution is 2.58. The van der Waals surface area contributed by atoms with Gasteiger partial charge in [0.05, 0.1) is 24.5 Å². The molecule has 32 heavy (non-hydrogen) atoms. The molecule has 3 saturated heterocycles. The lowest BCUT2D eigenvalue weighted by Crippen LogP contribution is -2.58. The smallest absolute Gasteiger partial charge is 0.312 e. The molecule has 2 bridgehead atoms. The van der Waals surface area contributed by atoms with Crippen molar-refractivity contribution in [2.45, 2.75) is 82.1 Å². The average molecular weight is 449 g/mol. The maximum Gasteiger partial charge on any atom is 0.312 e. The lowest BCUT2D eigenvalue weighted by molar-refractivity contribution is -0.155. The van der Waals surface area contributed by atoms with Crippen molar-refractivity contribution < 1.29 is 29.0 Å². The van der Waals surface area contributed by atoms with Crippen LogP contribution in [0.5, 0.6) is 0 Å². The van der Waals surface area contributed by atoms with Crippen LogP contribution in [0.2, 0.25) is 0 Å². The fourth-order valence-corrected chi connectivity index (χ4v) is 6.53. The van der Waals surface area contributed by atoms with Crippen LogP contribution < -0.4 is 0 Å². The number of nitrogens with zero attached hydrogens (tertiary/aromatic N) is 2. The molecule has 4 fully saturated rings. The summed E-state index contributed by atoms with van der Waals surface area (Å²) in [5, 5.41) is 9.43. The first-order valence-electron chi connectivity index (χ1n) is 12.2. The van der Waals surface area contributed by atoms with E-state index in [4.69, 9.17) is 9.47 Å². The number of likely N-dealkylation sites (tertiary alicyclic amines) is 1. The SMILES string of the molecule is C=CCN(C(=O)C1N(CCCO)C(=O)[C@@H]2[C@@H](C(=O)OCC)[C@H]3CCC12O3)C1CCCCC1. The number of hydrogen-bond donors (Lipinski definition) is 1. The van der Waals surface area contributed by atoms with Crippen LogP contribution >= 0.6 is 0 Å². The number of fused-ring (bicyclic) bond motifs is 1. The topological polar surface area (TPSA) is 96.4 Å². The molecule has 5 atom stereocenters. The summed E-state index contributed by atoms with van der Waals surface area (Å²) in [7, 11) is 0. The molecule has 2 amide bonds. The largest absolute Gasteiger partial charge is 0.466 e. The Kier molecular flexibility index (Phi) is 6.91. The van der Waals surface area contributed by atoms with Crippen molar-refractivity contribution in [2.24, 2.45) is 11.8 Å². The van der Waals surface area contributed by atoms with Gasteiger partial charge in [0.15, 0.2) is 0 Å². The molecular formula is C24H36N2O6. The molecule has 1 aliphatic carbocycles. The summed E-state index contributed by atoms with van der Waals surface area (Å²) in [6.45, 7) is 6.45. The van der Waals surface area contributed by atoms with Crippen molar-refractivity contribution in [3.8, 4) is 0 Å². The van der Waals surface area contributed by atoms with Gasteiger partial charge >= 0.3 is 5.97 Å². The molecule has 4 aliphatic rings. The highest BCUT2D eigenvalue weighted by Gasteiger charge is 2.75. The molecule has 8 heteroatoms. The number of aliphatic hydroxyl groups excluding tert-OH is 1. The van der Waals surface area contributed by atoms with Crippen LogP contribution in [0.1, 0.15) is 58.3 Å². The molecule has 0 aromatic heterocycles. The second-order valence-corrected chi connectivity index (χ2v) is 9.49. The number of ether oxygens (including phenoxy) is 2. The summed E-state index contributed by atoms with van der Waals surface area (Å²) >= 11 is 0. The first-order valence-corrected chi connectivity index (χ1v) is 12.2. The molecular weight excluding hydrogens is 412 g/mol. The third-order valence-electron chi connectivity index (χ3n) is 7.77. The van der Waals surface area contributed by atoms with Gasteiger partial charge in [0.1, 0.15) is 11.6 Å². The van der Waals surface area contributed by atoms with Crippen LogP contribution in [0.3, 0.4) is 0 Å². The van der Waals surface area contributed by atoms with Crippen LogP contribution in [0, 0.1) is 11.8 Å². The Morgan fingerprint density at radius 2 is 2.06 bits per heavy atom. The van der Waals surface area contributed by atoms with Gasteiger partial charge < -0.3 is 24.4 Å². The monoisotopic (exact) mass is 448 g/mol. The first-order chi connectivity index (χ1) is 15.5. The minimum absolute atomic E-state index is 0.0772. The van der Waals surface area contributed by atoms with E-state index in [0.29, 0.717) is 25.8 Å². The van der Waals surface area contributed by atoms with E-state index in [1.165, 1.54) is 6.42 Å². The van der Waals surface area contributed by atoms with E-state index in [-0.39, 0.29) is 43.7 Å². The van der Waals surface area contributed by atoms with Gasteiger partial charge in [-0.15, -0.1) is 6.58 Å². The first kappa shape index (κ1) is 23.2. The summed E-state index contributed by atoms with van der Waals surface area (Å²) < 4.78 is 11.7. The van der Waals surface area contributed by atoms with Gasteiger partial charge in [0.25, 0.3) is 0 Å². The molecule has 2 unspecified atom stereocenters. The predicted octanol–water partition coefficient (Wildman–Crippen LogP) is 1.65. The Hall–Kier alpha value is -1.93. The Bertz CT molecular complexity index is 751. The zero-order chi connectivity index (χ0) is 22.9. The summed E-state index contributed by atoms with van der Waals surface area (Å²) in [6, 6.07) is -0.656. The highest BCUT2D eigenvalue weighted by molar-refractivity contribution is 5.98. The summed E-state index contributed by atoms with van der Waals surface area (Å²) in [5.41, 5.74) is -1.00. The number of rotatable bonds is 9. The molecule has 1 N–H and O–H groups in total. The van der Waals surface area contributed by atoms with Gasteiger partial charge in [0, 0.05) is 25.7 Å². The standard InChI is InChI=1S/C24H36N2O6/c1-3-13-25(16-9-6-5-7-10-16)22(29)20-24-12-11-17(32-24)18(23(30)31-4-2)19(24)21(28)26(20)14-8-15-27/h3,16-20,27H,1,4-15H2,2H3/t17-,18+,19+,20?,24?/m1/s1. The van der Waals surface area contributed by atoms with E-state index in [1.807, 2.05) is 4.90 Å². The van der Waals surface area contributed by atoms with Gasteiger partial charge in [0.2, 0.25) is 11.8 Å². The maximum absolute atomic E-state index is 14.1. The van der Waals surface area contributed by atoms with Gasteiger partial charge in [-0.25, -0.2) is 0 Å². The van der Waals surface area contributed by atoms with Crippen LogP contribution in [-0.4, -0.2) is 82.8 Å². The predicted molar refractivity (Wildman–Crippen MR) is 116 cm³/mol. The van der Waals surface area contributed by atoms with Gasteiger partial charge in [-0.2, -0.15) is 0 Å². The van der Waals surface area contributed by atoms with Crippen molar-refractivity contribution in [3.05, 3.63) is 12.7 Å². The van der Waals surface area contributed by atoms with E-state index in [9.17, 15) is 19.5 Å². The Morgan fingerprint density at radius 3 is 2.72 bits per heavy atom. The number of carbonyl (C=O) groups is 3. The lowest BCUT2D eigenvalue weighted by atomic mass is 9.70. The van der Waals surface area contributed by atoms with Crippen molar-refractivity contribution in [3.63, 3.8) is 0 Å². The zero-order valence-corrected chi connectivity index (χ0v) is 19.0. The third-order valence-corrected chi connectivity index (χ3v) is 7.77. The summed E-state index contributed by atoms with van der Waals surface area (Å²) in [6.07, 6.45) is 8.17. The van der Waals surface area contributed by atoms with Crippen molar-refractivity contribution in [1.82, 2.24) is 9.80 Å². The quantitative estimate of drug-likeness (QED) is 0.426. The molecule has 3 aliphatic heterocycles. The fraction of sp³-hybridized carbons (Fsp3) is 0.792. The second kappa shape index (κ2) is 9.51. The maximum atomic E-state index is 14.1. The molecule has 1 spiro atoms. The Labute approximate surface area is 189 Å². The third kappa shape index (κ3) is 3.65. The minimum Gasteiger partial charge on any atom is -0.466 e. The summed E-state index contributed by atoms with van der Waals surface area (Å²) in [4.78, 5) is 44.0. The van der Waals surface area contributed by atoms with E-state index >= 15 is 0 Å². The zero-order valence-electron chi connectivity index (χ0n) is 19.0. The van der Waals surface area contributed by atoms with Crippen LogP contribution in [0.4, 0.5) is 0 Å². The van der Waals surface area contributed by atoms with Gasteiger partial charge in [-0.1, -0.05) is 25.3 Å². The summed E-state index contributed by atoms with van der Waals surface area (Å²) in [5.74, 6) is -2.13. The van der Waals surface area contributed by atoms with Crippen LogP contribution in [0.25, 0.3) is 0 Å². The number of hydrogen-bond acceptors (Lipinski definition) is 6. The minimum atomic E-state index is -1.00. The number of carbonyl (C=O) groups excluding carboxylic acids is 3.